The highest BCUT2D eigenvalue weighted by atomic mass is 19.3. The molecule has 2 N–H and O–H groups in total. The first-order chi connectivity index (χ1) is 7.58. The zero-order chi connectivity index (χ0) is 11.7. The lowest BCUT2D eigenvalue weighted by Crippen LogP contribution is -2.03. The van der Waals surface area contributed by atoms with E-state index in [9.17, 15) is 8.78 Å². The minimum Gasteiger partial charge on any atom is -0.432 e. The Hall–Kier alpha value is -1.91. The Morgan fingerprint density at radius 1 is 1.38 bits per heavy atom. The molecule has 0 spiro atoms. The zero-order valence-corrected chi connectivity index (χ0v) is 8.58. The molecule has 0 atom stereocenters. The molecule has 0 amide bonds. The van der Waals surface area contributed by atoms with Crippen LogP contribution in [0.4, 0.5) is 14.5 Å². The number of aromatic nitrogens is 1. The molecule has 0 saturated carbocycles. The largest absolute Gasteiger partial charge is 0.432 e. The monoisotopic (exact) mass is 224 g/mol. The number of ether oxygens (including phenoxy) is 1. The van der Waals surface area contributed by atoms with E-state index >= 15 is 0 Å². The van der Waals surface area contributed by atoms with Gasteiger partial charge in [-0.3, -0.25) is 0 Å². The van der Waals surface area contributed by atoms with Gasteiger partial charge in [0.05, 0.1) is 0 Å². The van der Waals surface area contributed by atoms with E-state index in [0.717, 1.165) is 0 Å². The first kappa shape index (κ1) is 10.6. The van der Waals surface area contributed by atoms with E-state index in [4.69, 9.17) is 5.73 Å². The maximum Gasteiger partial charge on any atom is 0.387 e. The van der Waals surface area contributed by atoms with Gasteiger partial charge in [0.25, 0.3) is 0 Å². The number of anilines is 1. The van der Waals surface area contributed by atoms with Crippen LogP contribution in [-0.4, -0.2) is 11.6 Å². The number of alkyl halides is 2. The van der Waals surface area contributed by atoms with Gasteiger partial charge in [0.1, 0.15) is 5.52 Å². The molecule has 5 heteroatoms. The molecule has 0 radical (unpaired) electrons. The fourth-order valence-corrected chi connectivity index (χ4v) is 1.57. The number of nitrogen functional groups attached to an aromatic ring is 1. The van der Waals surface area contributed by atoms with E-state index in [0.29, 0.717) is 22.3 Å². The van der Waals surface area contributed by atoms with Crippen LogP contribution in [0.2, 0.25) is 0 Å². The average Bonchev–Trinajstić information content (AvgIpc) is 2.18. The van der Waals surface area contributed by atoms with E-state index < -0.39 is 6.61 Å². The van der Waals surface area contributed by atoms with Gasteiger partial charge in [-0.25, -0.2) is 4.98 Å². The summed E-state index contributed by atoms with van der Waals surface area (Å²) in [6, 6.07) is 6.46. The second kappa shape index (κ2) is 3.92. The van der Waals surface area contributed by atoms with Crippen molar-refractivity contribution in [2.24, 2.45) is 0 Å². The Kier molecular flexibility index (Phi) is 2.60. The minimum absolute atomic E-state index is 0.0444. The molecule has 0 saturated heterocycles. The Morgan fingerprint density at radius 3 is 2.81 bits per heavy atom. The van der Waals surface area contributed by atoms with Crippen LogP contribution in [0.3, 0.4) is 0 Å². The summed E-state index contributed by atoms with van der Waals surface area (Å²) in [6.45, 7) is -1.12. The Bertz CT molecular complexity index is 529. The summed E-state index contributed by atoms with van der Waals surface area (Å²) in [5.41, 5.74) is 7.30. The molecule has 0 aliphatic rings. The van der Waals surface area contributed by atoms with E-state index in [-0.39, 0.29) is 5.75 Å². The second-order valence-electron chi connectivity index (χ2n) is 3.38. The van der Waals surface area contributed by atoms with Crippen LogP contribution in [0.15, 0.2) is 24.3 Å². The molecule has 1 heterocycles. The van der Waals surface area contributed by atoms with Crippen molar-refractivity contribution in [3.63, 3.8) is 0 Å². The van der Waals surface area contributed by atoms with Crippen molar-refractivity contribution >= 4 is 16.6 Å². The van der Waals surface area contributed by atoms with Crippen molar-refractivity contribution in [2.75, 3.05) is 5.73 Å². The molecule has 2 aromatic rings. The summed E-state index contributed by atoms with van der Waals surface area (Å²) in [5.74, 6) is 0.0444. The van der Waals surface area contributed by atoms with Gasteiger partial charge >= 0.3 is 6.61 Å². The summed E-state index contributed by atoms with van der Waals surface area (Å²) in [6.07, 6.45) is 0. The van der Waals surface area contributed by atoms with Crippen molar-refractivity contribution in [3.05, 3.63) is 30.0 Å². The number of rotatable bonds is 2. The first-order valence-electron chi connectivity index (χ1n) is 4.68. The minimum atomic E-state index is -2.87. The number of pyridine rings is 1. The lowest BCUT2D eigenvalue weighted by molar-refractivity contribution is -0.0489. The molecule has 0 aliphatic carbocycles. The van der Waals surface area contributed by atoms with Crippen LogP contribution in [0.1, 0.15) is 5.69 Å². The molecule has 3 nitrogen and oxygen atoms in total. The number of nitrogens with zero attached hydrogens (tertiary/aromatic N) is 1. The molecular formula is C11H10F2N2O. The fraction of sp³-hybridized carbons (Fsp3) is 0.182. The van der Waals surface area contributed by atoms with Gasteiger partial charge in [0.2, 0.25) is 0 Å². The molecule has 0 aliphatic heterocycles. The van der Waals surface area contributed by atoms with Crippen molar-refractivity contribution in [3.8, 4) is 5.75 Å². The van der Waals surface area contributed by atoms with Crippen LogP contribution < -0.4 is 10.5 Å². The third-order valence-electron chi connectivity index (χ3n) is 2.18. The molecule has 1 aromatic carbocycles. The van der Waals surface area contributed by atoms with Crippen LogP contribution in [0, 0.1) is 6.92 Å². The third kappa shape index (κ3) is 1.88. The molecule has 0 unspecified atom stereocenters. The number of hydrogen-bond acceptors (Lipinski definition) is 3. The van der Waals surface area contributed by atoms with Gasteiger partial charge in [-0.2, -0.15) is 8.78 Å². The second-order valence-corrected chi connectivity index (χ2v) is 3.38. The number of fused-ring (bicyclic) bond motifs is 1. The van der Waals surface area contributed by atoms with Gasteiger partial charge in [-0.15, -0.1) is 0 Å². The van der Waals surface area contributed by atoms with E-state index in [1.165, 1.54) is 6.07 Å². The normalized spacial score (nSPS) is 11.0. The highest BCUT2D eigenvalue weighted by Crippen LogP contribution is 2.29. The number of benzene rings is 1. The molecule has 0 bridgehead atoms. The average molecular weight is 224 g/mol. The van der Waals surface area contributed by atoms with E-state index in [1.807, 2.05) is 0 Å². The van der Waals surface area contributed by atoms with Crippen LogP contribution >= 0.6 is 0 Å². The first-order valence-corrected chi connectivity index (χ1v) is 4.68. The van der Waals surface area contributed by atoms with E-state index in [1.54, 1.807) is 25.1 Å². The standard InChI is InChI=1S/C11H10F2N2O/c1-6-5-8(14)7-3-2-4-9(10(7)15-6)16-11(12)13/h2-5,11H,1H3,(H2,14,15). The summed E-state index contributed by atoms with van der Waals surface area (Å²) in [5, 5.41) is 0.615. The lowest BCUT2D eigenvalue weighted by atomic mass is 10.1. The Balaban J connectivity index is 2.66. The van der Waals surface area contributed by atoms with Crippen LogP contribution in [0.5, 0.6) is 5.75 Å². The summed E-state index contributed by atoms with van der Waals surface area (Å²) in [4.78, 5) is 4.15. The molecule has 16 heavy (non-hydrogen) atoms. The van der Waals surface area contributed by atoms with Crippen LogP contribution in [0.25, 0.3) is 10.9 Å². The molecular weight excluding hydrogens is 214 g/mol. The number of hydrogen-bond donors (Lipinski definition) is 1. The van der Waals surface area contributed by atoms with Gasteiger partial charge in [0, 0.05) is 16.8 Å². The van der Waals surface area contributed by atoms with Gasteiger partial charge in [0.15, 0.2) is 5.75 Å². The predicted molar refractivity (Wildman–Crippen MR) is 57.5 cm³/mol. The zero-order valence-electron chi connectivity index (χ0n) is 8.58. The summed E-state index contributed by atoms with van der Waals surface area (Å²) in [7, 11) is 0. The summed E-state index contributed by atoms with van der Waals surface area (Å²) >= 11 is 0. The fourth-order valence-electron chi connectivity index (χ4n) is 1.57. The number of para-hydroxylation sites is 1. The quantitative estimate of drug-likeness (QED) is 0.853. The molecule has 0 fully saturated rings. The van der Waals surface area contributed by atoms with Crippen LogP contribution in [-0.2, 0) is 0 Å². The Labute approximate surface area is 90.8 Å². The Morgan fingerprint density at radius 2 is 2.12 bits per heavy atom. The topological polar surface area (TPSA) is 48.1 Å². The number of aryl methyl sites for hydroxylation is 1. The number of nitrogens with two attached hydrogens (primary N) is 1. The molecule has 84 valence electrons. The predicted octanol–water partition coefficient (Wildman–Crippen LogP) is 2.73. The molecule has 1 aromatic heterocycles. The third-order valence-corrected chi connectivity index (χ3v) is 2.18. The lowest BCUT2D eigenvalue weighted by Gasteiger charge is -2.09. The van der Waals surface area contributed by atoms with Crippen molar-refractivity contribution in [2.45, 2.75) is 13.5 Å². The summed E-state index contributed by atoms with van der Waals surface area (Å²) < 4.78 is 28.7. The smallest absolute Gasteiger partial charge is 0.387 e. The molecule has 2 rings (SSSR count). The van der Waals surface area contributed by atoms with Crippen molar-refractivity contribution in [1.29, 1.82) is 0 Å². The van der Waals surface area contributed by atoms with Crippen molar-refractivity contribution < 1.29 is 13.5 Å². The maximum absolute atomic E-state index is 12.2. The van der Waals surface area contributed by atoms with Gasteiger partial charge in [-0.1, -0.05) is 12.1 Å². The van der Waals surface area contributed by atoms with Gasteiger partial charge < -0.3 is 10.5 Å². The van der Waals surface area contributed by atoms with Gasteiger partial charge in [-0.05, 0) is 19.1 Å². The SMILES string of the molecule is Cc1cc(N)c2cccc(OC(F)F)c2n1. The number of halogens is 2. The highest BCUT2D eigenvalue weighted by Gasteiger charge is 2.11. The van der Waals surface area contributed by atoms with E-state index in [2.05, 4.69) is 9.72 Å². The highest BCUT2D eigenvalue weighted by molar-refractivity contribution is 5.94. The van der Waals surface area contributed by atoms with Crippen molar-refractivity contribution in [1.82, 2.24) is 4.98 Å². The maximum atomic E-state index is 12.2.